The molecule has 1 heterocycles. The Morgan fingerprint density at radius 1 is 1.26 bits per heavy atom. The molecule has 0 saturated carbocycles. The van der Waals surface area contributed by atoms with Crippen molar-refractivity contribution < 1.29 is 4.74 Å². The third kappa shape index (κ3) is 3.03. The Morgan fingerprint density at radius 2 is 2.00 bits per heavy atom. The van der Waals surface area contributed by atoms with Crippen molar-refractivity contribution in [1.82, 2.24) is 4.90 Å². The van der Waals surface area contributed by atoms with Crippen molar-refractivity contribution in [2.24, 2.45) is 0 Å². The van der Waals surface area contributed by atoms with E-state index in [2.05, 4.69) is 18.7 Å². The number of halogens is 3. The van der Waals surface area contributed by atoms with Crippen molar-refractivity contribution in [3.63, 3.8) is 0 Å². The number of benzene rings is 1. The molecule has 0 N–H and O–H groups in total. The van der Waals surface area contributed by atoms with Crippen LogP contribution in [0.15, 0.2) is 12.1 Å². The number of ether oxygens (including phenoxy) is 1. The standard InChI is InChI=1S/C14H18Cl3NO/c1-3-14(9-18(4-2)5-6-19-14)11-7-10(15)8-12(16)13(11)17/h7-8H,3-6,9H2,1-2H3/t14-/m0/s1. The molecule has 19 heavy (non-hydrogen) atoms. The highest BCUT2D eigenvalue weighted by Crippen LogP contribution is 2.41. The summed E-state index contributed by atoms with van der Waals surface area (Å²) in [6, 6.07) is 3.54. The van der Waals surface area contributed by atoms with Gasteiger partial charge in [0.1, 0.15) is 5.60 Å². The molecule has 0 bridgehead atoms. The molecule has 0 aliphatic carbocycles. The molecule has 1 fully saturated rings. The summed E-state index contributed by atoms with van der Waals surface area (Å²) in [4.78, 5) is 2.36. The molecule has 2 rings (SSSR count). The molecule has 0 amide bonds. The average molecular weight is 323 g/mol. The van der Waals surface area contributed by atoms with Crippen molar-refractivity contribution >= 4 is 34.8 Å². The van der Waals surface area contributed by atoms with Crippen LogP contribution in [0.25, 0.3) is 0 Å². The minimum absolute atomic E-state index is 0.417. The van der Waals surface area contributed by atoms with Gasteiger partial charge in [0.05, 0.1) is 16.7 Å². The van der Waals surface area contributed by atoms with E-state index in [0.717, 1.165) is 31.6 Å². The molecule has 1 aromatic carbocycles. The smallest absolute Gasteiger partial charge is 0.107 e. The molecule has 1 aliphatic heterocycles. The van der Waals surface area contributed by atoms with Crippen molar-refractivity contribution in [2.75, 3.05) is 26.2 Å². The summed E-state index contributed by atoms with van der Waals surface area (Å²) < 4.78 is 6.08. The molecule has 2 nitrogen and oxygen atoms in total. The van der Waals surface area contributed by atoms with E-state index in [1.807, 2.05) is 6.07 Å². The van der Waals surface area contributed by atoms with Crippen molar-refractivity contribution in [3.05, 3.63) is 32.8 Å². The summed E-state index contributed by atoms with van der Waals surface area (Å²) in [5.41, 5.74) is 0.479. The molecular formula is C14H18Cl3NO. The first-order valence-corrected chi connectivity index (χ1v) is 7.67. The maximum Gasteiger partial charge on any atom is 0.107 e. The maximum absolute atomic E-state index is 6.37. The van der Waals surface area contributed by atoms with Crippen LogP contribution in [0.3, 0.4) is 0 Å². The Bertz CT molecular complexity index is 466. The largest absolute Gasteiger partial charge is 0.368 e. The van der Waals surface area contributed by atoms with Crippen LogP contribution in [0, 0.1) is 0 Å². The quantitative estimate of drug-likeness (QED) is 0.754. The van der Waals surface area contributed by atoms with Gasteiger partial charge in [0.2, 0.25) is 0 Å². The third-order valence-electron chi connectivity index (χ3n) is 3.77. The number of hydrogen-bond donors (Lipinski definition) is 0. The summed E-state index contributed by atoms with van der Waals surface area (Å²) in [5, 5.41) is 1.62. The van der Waals surface area contributed by atoms with Crippen LogP contribution in [0.4, 0.5) is 0 Å². The van der Waals surface area contributed by atoms with Gasteiger partial charge in [-0.1, -0.05) is 48.7 Å². The predicted molar refractivity (Wildman–Crippen MR) is 81.5 cm³/mol. The zero-order chi connectivity index (χ0) is 14.0. The fourth-order valence-electron chi connectivity index (χ4n) is 2.58. The Hall–Kier alpha value is 0.01000. The highest BCUT2D eigenvalue weighted by molar-refractivity contribution is 6.43. The fraction of sp³-hybridized carbons (Fsp3) is 0.571. The minimum Gasteiger partial charge on any atom is -0.368 e. The molecule has 106 valence electrons. The Labute approximate surface area is 129 Å². The lowest BCUT2D eigenvalue weighted by molar-refractivity contribution is -0.116. The van der Waals surface area contributed by atoms with Gasteiger partial charge in [-0.3, -0.25) is 4.90 Å². The number of hydrogen-bond acceptors (Lipinski definition) is 2. The molecular weight excluding hydrogens is 305 g/mol. The molecule has 0 unspecified atom stereocenters. The topological polar surface area (TPSA) is 12.5 Å². The van der Waals surface area contributed by atoms with Gasteiger partial charge in [-0.2, -0.15) is 0 Å². The van der Waals surface area contributed by atoms with Crippen LogP contribution < -0.4 is 0 Å². The third-order valence-corrected chi connectivity index (χ3v) is 4.79. The van der Waals surface area contributed by atoms with Crippen molar-refractivity contribution in [1.29, 1.82) is 0 Å². The van der Waals surface area contributed by atoms with Crippen molar-refractivity contribution in [2.45, 2.75) is 25.9 Å². The van der Waals surface area contributed by atoms with Gasteiger partial charge >= 0.3 is 0 Å². The molecule has 5 heteroatoms. The Morgan fingerprint density at radius 3 is 2.63 bits per heavy atom. The summed E-state index contributed by atoms with van der Waals surface area (Å²) >= 11 is 18.6. The highest BCUT2D eigenvalue weighted by atomic mass is 35.5. The van der Waals surface area contributed by atoms with Gasteiger partial charge in [-0.15, -0.1) is 0 Å². The molecule has 1 aliphatic rings. The van der Waals surface area contributed by atoms with E-state index in [-0.39, 0.29) is 0 Å². The van der Waals surface area contributed by atoms with E-state index >= 15 is 0 Å². The predicted octanol–water partition coefficient (Wildman–Crippen LogP) is 4.60. The van der Waals surface area contributed by atoms with E-state index in [0.29, 0.717) is 21.7 Å². The normalized spacial score (nSPS) is 24.7. The first-order valence-electron chi connectivity index (χ1n) is 6.53. The van der Waals surface area contributed by atoms with E-state index in [4.69, 9.17) is 39.5 Å². The van der Waals surface area contributed by atoms with Crippen LogP contribution in [0.2, 0.25) is 15.1 Å². The average Bonchev–Trinajstić information content (AvgIpc) is 2.42. The van der Waals surface area contributed by atoms with E-state index in [9.17, 15) is 0 Å². The zero-order valence-electron chi connectivity index (χ0n) is 11.2. The Balaban J connectivity index is 2.46. The summed E-state index contributed by atoms with van der Waals surface area (Å²) in [5.74, 6) is 0. The lowest BCUT2D eigenvalue weighted by atomic mass is 9.89. The van der Waals surface area contributed by atoms with E-state index < -0.39 is 5.60 Å². The summed E-state index contributed by atoms with van der Waals surface area (Å²) in [7, 11) is 0. The molecule has 1 atom stereocenters. The number of morpholine rings is 1. The SMILES string of the molecule is CCN1CCO[C@](CC)(c2cc(Cl)cc(Cl)c2Cl)C1. The van der Waals surface area contributed by atoms with Crippen LogP contribution >= 0.6 is 34.8 Å². The van der Waals surface area contributed by atoms with Gasteiger partial charge in [0.25, 0.3) is 0 Å². The second kappa shape index (κ2) is 6.19. The molecule has 1 aromatic rings. The van der Waals surface area contributed by atoms with Gasteiger partial charge in [0, 0.05) is 23.7 Å². The summed E-state index contributed by atoms with van der Waals surface area (Å²) in [6.45, 7) is 7.71. The monoisotopic (exact) mass is 321 g/mol. The number of nitrogens with zero attached hydrogens (tertiary/aromatic N) is 1. The Kier molecular flexibility index (Phi) is 5.02. The van der Waals surface area contributed by atoms with Gasteiger partial charge in [-0.25, -0.2) is 0 Å². The van der Waals surface area contributed by atoms with Crippen LogP contribution in [0.1, 0.15) is 25.8 Å². The first-order chi connectivity index (χ1) is 9.02. The van der Waals surface area contributed by atoms with Gasteiger partial charge in [0.15, 0.2) is 0 Å². The second-order valence-electron chi connectivity index (χ2n) is 4.81. The van der Waals surface area contributed by atoms with E-state index in [1.165, 1.54) is 0 Å². The second-order valence-corrected chi connectivity index (χ2v) is 6.04. The van der Waals surface area contributed by atoms with Gasteiger partial charge in [-0.05, 0) is 25.1 Å². The van der Waals surface area contributed by atoms with Crippen LogP contribution in [-0.4, -0.2) is 31.1 Å². The number of likely N-dealkylation sites (N-methyl/N-ethyl adjacent to an activating group) is 1. The molecule has 1 saturated heterocycles. The van der Waals surface area contributed by atoms with Gasteiger partial charge < -0.3 is 4.74 Å². The van der Waals surface area contributed by atoms with Crippen LogP contribution in [0.5, 0.6) is 0 Å². The van der Waals surface area contributed by atoms with Crippen LogP contribution in [-0.2, 0) is 10.3 Å². The molecule has 0 radical (unpaired) electrons. The fourth-order valence-corrected chi connectivity index (χ4v) is 3.36. The lowest BCUT2D eigenvalue weighted by Crippen LogP contribution is -2.49. The van der Waals surface area contributed by atoms with E-state index in [1.54, 1.807) is 6.07 Å². The number of rotatable bonds is 3. The summed E-state index contributed by atoms with van der Waals surface area (Å²) in [6.07, 6.45) is 0.833. The molecule has 0 spiro atoms. The zero-order valence-corrected chi connectivity index (χ0v) is 13.4. The highest BCUT2D eigenvalue weighted by Gasteiger charge is 2.38. The minimum atomic E-state index is -0.417. The first kappa shape index (κ1) is 15.4. The van der Waals surface area contributed by atoms with Crippen molar-refractivity contribution in [3.8, 4) is 0 Å². The lowest BCUT2D eigenvalue weighted by Gasteiger charge is -2.43. The maximum atomic E-state index is 6.37. The molecule has 0 aromatic heterocycles.